The number of nitrogens with two attached hydrogens (primary N) is 1. The number of aromatic nitrogens is 4. The first-order chi connectivity index (χ1) is 12.0. The fraction of sp³-hybridized carbons (Fsp3) is 0.438. The third-order valence-corrected chi connectivity index (χ3v) is 5.51. The first-order valence-electron chi connectivity index (χ1n) is 8.07. The summed E-state index contributed by atoms with van der Waals surface area (Å²) in [5.41, 5.74) is 7.40. The van der Waals surface area contributed by atoms with Crippen LogP contribution in [0.25, 0.3) is 16.2 Å². The minimum atomic E-state index is -0.833. The lowest BCUT2D eigenvalue weighted by Gasteiger charge is -2.20. The van der Waals surface area contributed by atoms with Gasteiger partial charge in [-0.15, -0.1) is 5.10 Å². The van der Waals surface area contributed by atoms with Crippen molar-refractivity contribution in [1.29, 1.82) is 0 Å². The van der Waals surface area contributed by atoms with E-state index in [2.05, 4.69) is 14.9 Å². The molecule has 0 aliphatic carbocycles. The van der Waals surface area contributed by atoms with E-state index in [0.29, 0.717) is 18.8 Å². The van der Waals surface area contributed by atoms with E-state index in [1.54, 1.807) is 17.8 Å². The van der Waals surface area contributed by atoms with Crippen LogP contribution in [0, 0.1) is 6.92 Å². The normalized spacial score (nSPS) is 20.6. The molecule has 1 atom stereocenters. The maximum atomic E-state index is 10.3. The molecule has 0 aromatic carbocycles. The fourth-order valence-electron chi connectivity index (χ4n) is 3.06. The number of fused-ring (bicyclic) bond motifs is 1. The molecular formula is C16H20N6O2S. The molecule has 0 saturated carbocycles. The highest BCUT2D eigenvalue weighted by Crippen LogP contribution is 2.34. The van der Waals surface area contributed by atoms with E-state index in [1.165, 1.54) is 11.3 Å². The van der Waals surface area contributed by atoms with E-state index in [9.17, 15) is 5.11 Å². The Hall–Kier alpha value is -2.23. The molecule has 4 heterocycles. The molecular weight excluding hydrogens is 340 g/mol. The van der Waals surface area contributed by atoms with Gasteiger partial charge in [-0.25, -0.2) is 14.5 Å². The van der Waals surface area contributed by atoms with E-state index in [0.717, 1.165) is 33.6 Å². The van der Waals surface area contributed by atoms with Gasteiger partial charge in [0.1, 0.15) is 0 Å². The number of imidazole rings is 1. The predicted octanol–water partition coefficient (Wildman–Crippen LogP) is 1.07. The highest BCUT2D eigenvalue weighted by atomic mass is 32.1. The van der Waals surface area contributed by atoms with Crippen molar-refractivity contribution in [1.82, 2.24) is 19.6 Å². The van der Waals surface area contributed by atoms with Crippen LogP contribution >= 0.6 is 11.3 Å². The average Bonchev–Trinajstić information content (AvgIpc) is 3.29. The molecule has 132 valence electrons. The molecule has 9 heteroatoms. The van der Waals surface area contributed by atoms with Crippen LogP contribution in [0.5, 0.6) is 5.88 Å². The third-order valence-electron chi connectivity index (χ3n) is 4.53. The van der Waals surface area contributed by atoms with E-state index < -0.39 is 5.60 Å². The second-order valence-corrected chi connectivity index (χ2v) is 7.27. The first kappa shape index (κ1) is 16.2. The Labute approximate surface area is 148 Å². The van der Waals surface area contributed by atoms with Gasteiger partial charge in [-0.3, -0.25) is 0 Å². The Morgan fingerprint density at radius 3 is 3.00 bits per heavy atom. The molecule has 8 nitrogen and oxygen atoms in total. The van der Waals surface area contributed by atoms with Gasteiger partial charge in [0.15, 0.2) is 0 Å². The number of hydrogen-bond donors (Lipinski definition) is 2. The van der Waals surface area contributed by atoms with Crippen molar-refractivity contribution in [3.8, 4) is 17.1 Å². The van der Waals surface area contributed by atoms with Crippen LogP contribution in [-0.2, 0) is 0 Å². The highest BCUT2D eigenvalue weighted by molar-refractivity contribution is 7.20. The van der Waals surface area contributed by atoms with Crippen LogP contribution in [0.15, 0.2) is 18.3 Å². The van der Waals surface area contributed by atoms with Gasteiger partial charge in [-0.2, -0.15) is 0 Å². The molecule has 4 rings (SSSR count). The maximum Gasteiger partial charge on any atom is 0.222 e. The quantitative estimate of drug-likeness (QED) is 0.717. The van der Waals surface area contributed by atoms with Gasteiger partial charge < -0.3 is 20.5 Å². The summed E-state index contributed by atoms with van der Waals surface area (Å²) < 4.78 is 7.21. The minimum Gasteiger partial charge on any atom is -0.480 e. The Kier molecular flexibility index (Phi) is 3.86. The number of anilines is 1. The second kappa shape index (κ2) is 5.94. The van der Waals surface area contributed by atoms with Gasteiger partial charge in [-0.1, -0.05) is 11.3 Å². The number of nitrogens with zero attached hydrogens (tertiary/aromatic N) is 5. The van der Waals surface area contributed by atoms with E-state index in [-0.39, 0.29) is 6.54 Å². The van der Waals surface area contributed by atoms with Gasteiger partial charge >= 0.3 is 0 Å². The number of methoxy groups -OCH3 is 1. The van der Waals surface area contributed by atoms with E-state index in [4.69, 9.17) is 15.6 Å². The number of β-amino-alcohol motifs (C(OH)–C–C–N with tert-alkyl or cyclic N) is 1. The Balaban J connectivity index is 1.73. The molecule has 3 aromatic rings. The van der Waals surface area contributed by atoms with Gasteiger partial charge in [0, 0.05) is 18.8 Å². The van der Waals surface area contributed by atoms with Gasteiger partial charge in [0.25, 0.3) is 0 Å². The minimum absolute atomic E-state index is 0.253. The van der Waals surface area contributed by atoms with Crippen LogP contribution < -0.4 is 15.4 Å². The SMILES string of the molecule is COc1nc(C)ccc1-c1cnc2sc(N3CCC(O)(CN)C3)nn12. The Morgan fingerprint density at radius 2 is 2.28 bits per heavy atom. The van der Waals surface area contributed by atoms with E-state index in [1.807, 2.05) is 19.1 Å². The summed E-state index contributed by atoms with van der Waals surface area (Å²) in [6, 6.07) is 3.90. The zero-order valence-electron chi connectivity index (χ0n) is 14.1. The van der Waals surface area contributed by atoms with Crippen molar-refractivity contribution in [3.05, 3.63) is 24.0 Å². The summed E-state index contributed by atoms with van der Waals surface area (Å²) in [4.78, 5) is 11.7. The summed E-state index contributed by atoms with van der Waals surface area (Å²) in [5, 5.41) is 15.9. The van der Waals surface area contributed by atoms with Crippen molar-refractivity contribution in [2.75, 3.05) is 31.6 Å². The Morgan fingerprint density at radius 1 is 1.44 bits per heavy atom. The third kappa shape index (κ3) is 2.74. The summed E-state index contributed by atoms with van der Waals surface area (Å²) in [5.74, 6) is 0.551. The molecule has 0 radical (unpaired) electrons. The standard InChI is InChI=1S/C16H20N6O2S/c1-10-3-4-11(13(19-10)24-2)12-7-18-14-22(12)20-15(25-14)21-6-5-16(23,8-17)9-21/h3-4,7,23H,5-6,8-9,17H2,1-2H3. The average molecular weight is 360 g/mol. The van der Waals surface area contributed by atoms with Crippen molar-refractivity contribution < 1.29 is 9.84 Å². The molecule has 0 bridgehead atoms. The zero-order chi connectivity index (χ0) is 17.6. The first-order valence-corrected chi connectivity index (χ1v) is 8.88. The zero-order valence-corrected chi connectivity index (χ0v) is 15.0. The van der Waals surface area contributed by atoms with Crippen molar-refractivity contribution >= 4 is 21.4 Å². The molecule has 3 N–H and O–H groups in total. The van der Waals surface area contributed by atoms with Gasteiger partial charge in [-0.05, 0) is 25.5 Å². The van der Waals surface area contributed by atoms with Crippen molar-refractivity contribution in [2.45, 2.75) is 18.9 Å². The van der Waals surface area contributed by atoms with Crippen molar-refractivity contribution in [3.63, 3.8) is 0 Å². The molecule has 1 aliphatic heterocycles. The van der Waals surface area contributed by atoms with E-state index >= 15 is 0 Å². The molecule has 0 spiro atoms. The fourth-order valence-corrected chi connectivity index (χ4v) is 3.97. The summed E-state index contributed by atoms with van der Waals surface area (Å²) >= 11 is 1.49. The van der Waals surface area contributed by atoms with Crippen LogP contribution in [0.4, 0.5) is 5.13 Å². The van der Waals surface area contributed by atoms with Crippen LogP contribution in [-0.4, -0.2) is 57.0 Å². The number of aryl methyl sites for hydroxylation is 1. The molecule has 1 aliphatic rings. The lowest BCUT2D eigenvalue weighted by atomic mass is 10.0. The highest BCUT2D eigenvalue weighted by Gasteiger charge is 2.36. The Bertz CT molecular complexity index is 923. The molecule has 0 amide bonds. The second-order valence-electron chi connectivity index (χ2n) is 6.33. The number of aliphatic hydroxyl groups is 1. The molecule has 25 heavy (non-hydrogen) atoms. The molecule has 1 unspecified atom stereocenters. The smallest absolute Gasteiger partial charge is 0.222 e. The predicted molar refractivity (Wildman–Crippen MR) is 96.2 cm³/mol. The molecule has 1 saturated heterocycles. The largest absolute Gasteiger partial charge is 0.480 e. The maximum absolute atomic E-state index is 10.3. The number of ether oxygens (including phenoxy) is 1. The van der Waals surface area contributed by atoms with Crippen LogP contribution in [0.3, 0.4) is 0 Å². The lowest BCUT2D eigenvalue weighted by Crippen LogP contribution is -2.40. The topological polar surface area (TPSA) is 102 Å². The lowest BCUT2D eigenvalue weighted by molar-refractivity contribution is 0.0725. The van der Waals surface area contributed by atoms with Crippen LogP contribution in [0.1, 0.15) is 12.1 Å². The number of rotatable bonds is 4. The number of pyridine rings is 1. The summed E-state index contributed by atoms with van der Waals surface area (Å²) in [7, 11) is 1.61. The molecule has 3 aromatic heterocycles. The summed E-state index contributed by atoms with van der Waals surface area (Å²) in [6.07, 6.45) is 2.42. The molecule has 1 fully saturated rings. The monoisotopic (exact) mass is 360 g/mol. The number of hydrogen-bond acceptors (Lipinski definition) is 8. The van der Waals surface area contributed by atoms with Crippen LogP contribution in [0.2, 0.25) is 0 Å². The summed E-state index contributed by atoms with van der Waals surface area (Å²) in [6.45, 7) is 3.40. The van der Waals surface area contributed by atoms with Crippen molar-refractivity contribution in [2.24, 2.45) is 5.73 Å². The van der Waals surface area contributed by atoms with Gasteiger partial charge in [0.2, 0.25) is 16.0 Å². The van der Waals surface area contributed by atoms with Gasteiger partial charge in [0.05, 0.1) is 36.7 Å².